The lowest BCUT2D eigenvalue weighted by atomic mass is 10.1. The standard InChI is InChI=1S/C16H24N2O2/c1-12-5-3-7-15(13(12)2)20-10-8-16(19)18-11-14-6-4-9-17-14/h3,5,7,14,17H,4,6,8-11H2,1-2H3,(H,18,19). The molecule has 0 radical (unpaired) electrons. The maximum Gasteiger partial charge on any atom is 0.223 e. The minimum Gasteiger partial charge on any atom is -0.493 e. The zero-order valence-corrected chi connectivity index (χ0v) is 12.4. The Kier molecular flexibility index (Phi) is 5.41. The van der Waals surface area contributed by atoms with Gasteiger partial charge < -0.3 is 15.4 Å². The van der Waals surface area contributed by atoms with Crippen LogP contribution in [0.5, 0.6) is 5.75 Å². The Morgan fingerprint density at radius 2 is 2.30 bits per heavy atom. The third kappa shape index (κ3) is 4.23. The van der Waals surface area contributed by atoms with Crippen molar-refractivity contribution in [1.29, 1.82) is 0 Å². The highest BCUT2D eigenvalue weighted by Crippen LogP contribution is 2.20. The lowest BCUT2D eigenvalue weighted by molar-refractivity contribution is -0.121. The molecule has 1 aromatic rings. The van der Waals surface area contributed by atoms with Crippen LogP contribution in [0.15, 0.2) is 18.2 Å². The quantitative estimate of drug-likeness (QED) is 0.835. The Balaban J connectivity index is 1.67. The van der Waals surface area contributed by atoms with E-state index in [0.29, 0.717) is 19.1 Å². The molecule has 1 aliphatic heterocycles. The molecule has 0 saturated carbocycles. The van der Waals surface area contributed by atoms with E-state index in [0.717, 1.165) is 30.8 Å². The number of amides is 1. The average molecular weight is 276 g/mol. The van der Waals surface area contributed by atoms with E-state index in [-0.39, 0.29) is 5.91 Å². The van der Waals surface area contributed by atoms with Gasteiger partial charge >= 0.3 is 0 Å². The van der Waals surface area contributed by atoms with Gasteiger partial charge in [0.1, 0.15) is 5.75 Å². The maximum absolute atomic E-state index is 11.7. The van der Waals surface area contributed by atoms with Gasteiger partial charge in [0.25, 0.3) is 0 Å². The number of rotatable bonds is 6. The van der Waals surface area contributed by atoms with E-state index in [1.54, 1.807) is 0 Å². The number of nitrogens with one attached hydrogen (secondary N) is 2. The number of benzene rings is 1. The first kappa shape index (κ1) is 14.9. The van der Waals surface area contributed by atoms with Crippen molar-refractivity contribution in [1.82, 2.24) is 10.6 Å². The van der Waals surface area contributed by atoms with Crippen molar-refractivity contribution in [3.63, 3.8) is 0 Å². The molecule has 1 aliphatic rings. The minimum atomic E-state index is 0.0593. The normalized spacial score (nSPS) is 18.0. The van der Waals surface area contributed by atoms with Gasteiger partial charge in [-0.3, -0.25) is 4.79 Å². The fourth-order valence-electron chi connectivity index (χ4n) is 2.39. The zero-order chi connectivity index (χ0) is 14.4. The predicted molar refractivity (Wildman–Crippen MR) is 80.1 cm³/mol. The molecule has 110 valence electrons. The topological polar surface area (TPSA) is 50.4 Å². The van der Waals surface area contributed by atoms with E-state index in [1.807, 2.05) is 19.1 Å². The molecule has 20 heavy (non-hydrogen) atoms. The molecule has 0 spiro atoms. The molecule has 0 bridgehead atoms. The molecule has 1 saturated heterocycles. The fourth-order valence-corrected chi connectivity index (χ4v) is 2.39. The number of ether oxygens (including phenoxy) is 1. The number of carbonyl (C=O) groups is 1. The van der Waals surface area contributed by atoms with E-state index in [1.165, 1.54) is 12.0 Å². The van der Waals surface area contributed by atoms with Crippen LogP contribution in [0.1, 0.15) is 30.4 Å². The van der Waals surface area contributed by atoms with Crippen molar-refractivity contribution in [2.24, 2.45) is 0 Å². The second kappa shape index (κ2) is 7.29. The monoisotopic (exact) mass is 276 g/mol. The van der Waals surface area contributed by atoms with Gasteiger partial charge in [-0.2, -0.15) is 0 Å². The van der Waals surface area contributed by atoms with E-state index in [2.05, 4.69) is 23.6 Å². The van der Waals surface area contributed by atoms with Gasteiger partial charge in [-0.25, -0.2) is 0 Å². The number of hydrogen-bond donors (Lipinski definition) is 2. The summed E-state index contributed by atoms with van der Waals surface area (Å²) in [5, 5.41) is 6.32. The summed E-state index contributed by atoms with van der Waals surface area (Å²) in [6, 6.07) is 6.43. The summed E-state index contributed by atoms with van der Waals surface area (Å²) in [5.74, 6) is 0.930. The highest BCUT2D eigenvalue weighted by atomic mass is 16.5. The Morgan fingerprint density at radius 3 is 3.05 bits per heavy atom. The van der Waals surface area contributed by atoms with Crippen LogP contribution in [0.2, 0.25) is 0 Å². The van der Waals surface area contributed by atoms with E-state index >= 15 is 0 Å². The van der Waals surface area contributed by atoms with Crippen LogP contribution in [0.25, 0.3) is 0 Å². The molecular formula is C16H24N2O2. The van der Waals surface area contributed by atoms with E-state index in [4.69, 9.17) is 4.74 Å². The molecule has 4 nitrogen and oxygen atoms in total. The van der Waals surface area contributed by atoms with Crippen LogP contribution in [0.3, 0.4) is 0 Å². The van der Waals surface area contributed by atoms with Gasteiger partial charge in [0.2, 0.25) is 5.91 Å². The number of aryl methyl sites for hydroxylation is 1. The molecule has 0 aliphatic carbocycles. The van der Waals surface area contributed by atoms with Crippen LogP contribution in [0, 0.1) is 13.8 Å². The fraction of sp³-hybridized carbons (Fsp3) is 0.562. The largest absolute Gasteiger partial charge is 0.493 e. The summed E-state index contributed by atoms with van der Waals surface area (Å²) in [5.41, 5.74) is 2.35. The number of hydrogen-bond acceptors (Lipinski definition) is 3. The molecule has 1 fully saturated rings. The predicted octanol–water partition coefficient (Wildman–Crippen LogP) is 1.94. The third-order valence-corrected chi connectivity index (χ3v) is 3.85. The van der Waals surface area contributed by atoms with E-state index in [9.17, 15) is 4.79 Å². The van der Waals surface area contributed by atoms with Crippen LogP contribution >= 0.6 is 0 Å². The van der Waals surface area contributed by atoms with Gasteiger partial charge in [0.15, 0.2) is 0 Å². The maximum atomic E-state index is 11.7. The van der Waals surface area contributed by atoms with Gasteiger partial charge in [-0.15, -0.1) is 0 Å². The molecule has 2 rings (SSSR count). The van der Waals surface area contributed by atoms with Crippen molar-refractivity contribution in [2.75, 3.05) is 19.7 Å². The summed E-state index contributed by atoms with van der Waals surface area (Å²) in [7, 11) is 0. The Bertz CT molecular complexity index is 454. The molecule has 1 unspecified atom stereocenters. The first-order chi connectivity index (χ1) is 9.66. The summed E-state index contributed by atoms with van der Waals surface area (Å²) in [6.07, 6.45) is 2.76. The average Bonchev–Trinajstić information content (AvgIpc) is 2.94. The summed E-state index contributed by atoms with van der Waals surface area (Å²) >= 11 is 0. The lowest BCUT2D eigenvalue weighted by Gasteiger charge is -2.13. The lowest BCUT2D eigenvalue weighted by Crippen LogP contribution is -2.37. The first-order valence-electron chi connectivity index (χ1n) is 7.36. The van der Waals surface area contributed by atoms with Gasteiger partial charge in [-0.1, -0.05) is 12.1 Å². The molecule has 0 aromatic heterocycles. The summed E-state index contributed by atoms with van der Waals surface area (Å²) in [4.78, 5) is 11.7. The summed E-state index contributed by atoms with van der Waals surface area (Å²) < 4.78 is 5.68. The van der Waals surface area contributed by atoms with E-state index < -0.39 is 0 Å². The SMILES string of the molecule is Cc1cccc(OCCC(=O)NCC2CCCN2)c1C. The Morgan fingerprint density at radius 1 is 1.45 bits per heavy atom. The first-order valence-corrected chi connectivity index (χ1v) is 7.36. The van der Waals surface area contributed by atoms with Crippen molar-refractivity contribution in [3.8, 4) is 5.75 Å². The van der Waals surface area contributed by atoms with Crippen LogP contribution in [0.4, 0.5) is 0 Å². The van der Waals surface area contributed by atoms with Gasteiger partial charge in [-0.05, 0) is 50.4 Å². The highest BCUT2D eigenvalue weighted by molar-refractivity contribution is 5.76. The van der Waals surface area contributed by atoms with Gasteiger partial charge in [0.05, 0.1) is 13.0 Å². The van der Waals surface area contributed by atoms with Crippen LogP contribution < -0.4 is 15.4 Å². The smallest absolute Gasteiger partial charge is 0.223 e. The Labute approximate surface area is 120 Å². The molecule has 1 atom stereocenters. The van der Waals surface area contributed by atoms with Crippen LogP contribution in [-0.4, -0.2) is 31.6 Å². The second-order valence-corrected chi connectivity index (χ2v) is 5.39. The van der Waals surface area contributed by atoms with Gasteiger partial charge in [0, 0.05) is 12.6 Å². The minimum absolute atomic E-state index is 0.0593. The molecule has 1 amide bonds. The van der Waals surface area contributed by atoms with Crippen molar-refractivity contribution >= 4 is 5.91 Å². The van der Waals surface area contributed by atoms with Crippen LogP contribution in [-0.2, 0) is 4.79 Å². The zero-order valence-electron chi connectivity index (χ0n) is 12.4. The highest BCUT2D eigenvalue weighted by Gasteiger charge is 2.14. The molecular weight excluding hydrogens is 252 g/mol. The summed E-state index contributed by atoms with van der Waals surface area (Å²) in [6.45, 7) is 6.31. The number of carbonyl (C=O) groups excluding carboxylic acids is 1. The second-order valence-electron chi connectivity index (χ2n) is 5.39. The molecule has 4 heteroatoms. The van der Waals surface area contributed by atoms with Crippen molar-refractivity contribution in [3.05, 3.63) is 29.3 Å². The van der Waals surface area contributed by atoms with Crippen molar-refractivity contribution in [2.45, 2.75) is 39.2 Å². The molecule has 1 heterocycles. The molecule has 1 aromatic carbocycles. The third-order valence-electron chi connectivity index (χ3n) is 3.85. The Hall–Kier alpha value is -1.55. The van der Waals surface area contributed by atoms with Crippen molar-refractivity contribution < 1.29 is 9.53 Å². The molecule has 2 N–H and O–H groups in total.